The summed E-state index contributed by atoms with van der Waals surface area (Å²) in [6, 6.07) is 18.4. The number of para-hydroxylation sites is 1. The average Bonchev–Trinajstić information content (AvgIpc) is 3.37. The second kappa shape index (κ2) is 13.4. The van der Waals surface area contributed by atoms with Gasteiger partial charge in [0, 0.05) is 41.3 Å². The average molecular weight is 558 g/mol. The van der Waals surface area contributed by atoms with Gasteiger partial charge in [-0.3, -0.25) is 9.59 Å². The number of amides is 2. The fraction of sp³-hybridized carbons (Fsp3) is 0.250. The molecule has 1 aromatic heterocycles. The molecule has 9 nitrogen and oxygen atoms in total. The van der Waals surface area contributed by atoms with E-state index in [2.05, 4.69) is 22.1 Å². The molecular weight excluding hydrogens is 522 g/mol. The van der Waals surface area contributed by atoms with Crippen molar-refractivity contribution in [1.82, 2.24) is 15.2 Å². The van der Waals surface area contributed by atoms with Crippen LogP contribution in [0.1, 0.15) is 28.4 Å². The summed E-state index contributed by atoms with van der Waals surface area (Å²) in [7, 11) is 6.19. The molecule has 0 radical (unpaired) electrons. The van der Waals surface area contributed by atoms with Crippen LogP contribution in [0.4, 0.5) is 0 Å². The van der Waals surface area contributed by atoms with Crippen molar-refractivity contribution >= 4 is 28.8 Å². The minimum Gasteiger partial charge on any atom is -0.493 e. The topological polar surface area (TPSA) is 100 Å². The summed E-state index contributed by atoms with van der Waals surface area (Å²) in [6.45, 7) is 3.16. The monoisotopic (exact) mass is 557 g/mol. The molecule has 0 unspecified atom stereocenters. The number of carbonyl (C=O) groups is 2. The summed E-state index contributed by atoms with van der Waals surface area (Å²) in [5, 5.41) is 6.73. The normalized spacial score (nSPS) is 11.2. The van der Waals surface area contributed by atoms with Crippen molar-refractivity contribution in [2.45, 2.75) is 19.9 Å². The van der Waals surface area contributed by atoms with E-state index in [4.69, 9.17) is 18.9 Å². The molecule has 2 amide bonds. The molecule has 1 heterocycles. The zero-order chi connectivity index (χ0) is 29.4. The maximum atomic E-state index is 13.5. The first-order valence-electron chi connectivity index (χ1n) is 13.2. The third-order valence-corrected chi connectivity index (χ3v) is 6.75. The van der Waals surface area contributed by atoms with Gasteiger partial charge < -0.3 is 34.1 Å². The maximum absolute atomic E-state index is 13.5. The molecule has 3 aromatic carbocycles. The lowest BCUT2D eigenvalue weighted by Crippen LogP contribution is -2.35. The van der Waals surface area contributed by atoms with Gasteiger partial charge in [-0.05, 0) is 61.4 Å². The molecule has 0 atom stereocenters. The summed E-state index contributed by atoms with van der Waals surface area (Å²) in [5.74, 6) is 1.30. The number of nitrogens with one attached hydrogen (secondary N) is 2. The molecule has 4 aromatic rings. The van der Waals surface area contributed by atoms with Crippen molar-refractivity contribution in [2.75, 3.05) is 35.0 Å². The van der Waals surface area contributed by atoms with Gasteiger partial charge in [0.05, 0.1) is 28.4 Å². The number of hydrogen-bond acceptors (Lipinski definition) is 6. The largest absolute Gasteiger partial charge is 0.493 e. The van der Waals surface area contributed by atoms with Crippen LogP contribution in [-0.2, 0) is 17.8 Å². The molecule has 214 valence electrons. The molecule has 2 N–H and O–H groups in total. The molecule has 0 aliphatic rings. The fourth-order valence-corrected chi connectivity index (χ4v) is 4.59. The second-order valence-electron chi connectivity index (χ2n) is 9.16. The summed E-state index contributed by atoms with van der Waals surface area (Å²) in [6.07, 6.45) is 4.24. The number of benzene rings is 3. The van der Waals surface area contributed by atoms with E-state index in [9.17, 15) is 9.59 Å². The zero-order valence-corrected chi connectivity index (χ0v) is 23.9. The van der Waals surface area contributed by atoms with E-state index in [0.29, 0.717) is 41.5 Å². The number of methoxy groups -OCH3 is 4. The predicted octanol–water partition coefficient (Wildman–Crippen LogP) is 4.83. The fourth-order valence-electron chi connectivity index (χ4n) is 4.59. The highest BCUT2D eigenvalue weighted by atomic mass is 16.5. The Kier molecular flexibility index (Phi) is 9.52. The van der Waals surface area contributed by atoms with Crippen LogP contribution >= 0.6 is 0 Å². The van der Waals surface area contributed by atoms with Crippen LogP contribution in [-0.4, -0.2) is 51.4 Å². The van der Waals surface area contributed by atoms with Gasteiger partial charge in [0.1, 0.15) is 5.70 Å². The molecular formula is C32H35N3O6. The van der Waals surface area contributed by atoms with Crippen LogP contribution in [0, 0.1) is 0 Å². The highest BCUT2D eigenvalue weighted by Crippen LogP contribution is 2.29. The van der Waals surface area contributed by atoms with Crippen molar-refractivity contribution in [3.8, 4) is 23.0 Å². The number of hydrogen-bond donors (Lipinski definition) is 2. The van der Waals surface area contributed by atoms with Crippen LogP contribution < -0.4 is 29.6 Å². The quantitative estimate of drug-likeness (QED) is 0.242. The summed E-state index contributed by atoms with van der Waals surface area (Å²) in [5.41, 5.74) is 3.27. The number of ether oxygens (including phenoxy) is 4. The van der Waals surface area contributed by atoms with Gasteiger partial charge in [-0.25, -0.2) is 0 Å². The van der Waals surface area contributed by atoms with Gasteiger partial charge >= 0.3 is 0 Å². The van der Waals surface area contributed by atoms with Crippen LogP contribution in [0.3, 0.4) is 0 Å². The molecule has 0 saturated carbocycles. The predicted molar refractivity (Wildman–Crippen MR) is 159 cm³/mol. The Morgan fingerprint density at radius 2 is 1.49 bits per heavy atom. The van der Waals surface area contributed by atoms with Gasteiger partial charge in [0.15, 0.2) is 23.0 Å². The van der Waals surface area contributed by atoms with E-state index in [1.54, 1.807) is 38.5 Å². The number of aryl methyl sites for hydroxylation is 1. The van der Waals surface area contributed by atoms with Crippen molar-refractivity contribution < 1.29 is 28.5 Å². The van der Waals surface area contributed by atoms with Gasteiger partial charge in [0.25, 0.3) is 11.8 Å². The Hall–Kier alpha value is -4.92. The Morgan fingerprint density at radius 3 is 2.17 bits per heavy atom. The van der Waals surface area contributed by atoms with Crippen LogP contribution in [0.25, 0.3) is 17.0 Å². The highest BCUT2D eigenvalue weighted by molar-refractivity contribution is 6.06. The van der Waals surface area contributed by atoms with Crippen LogP contribution in [0.2, 0.25) is 0 Å². The summed E-state index contributed by atoms with van der Waals surface area (Å²) in [4.78, 5) is 26.8. The highest BCUT2D eigenvalue weighted by Gasteiger charge is 2.18. The third-order valence-electron chi connectivity index (χ3n) is 6.75. The van der Waals surface area contributed by atoms with E-state index in [-0.39, 0.29) is 5.70 Å². The zero-order valence-electron chi connectivity index (χ0n) is 23.9. The number of nitrogens with zero attached hydrogens (tertiary/aromatic N) is 1. The molecule has 0 spiro atoms. The second-order valence-corrected chi connectivity index (χ2v) is 9.16. The molecule has 0 aliphatic heterocycles. The number of carbonyl (C=O) groups excluding carboxylic acids is 2. The third kappa shape index (κ3) is 6.63. The van der Waals surface area contributed by atoms with Crippen molar-refractivity contribution in [1.29, 1.82) is 0 Å². The first kappa shape index (κ1) is 29.1. The lowest BCUT2D eigenvalue weighted by Gasteiger charge is -2.13. The minimum atomic E-state index is -0.452. The molecule has 9 heteroatoms. The lowest BCUT2D eigenvalue weighted by atomic mass is 10.1. The van der Waals surface area contributed by atoms with Crippen LogP contribution in [0.15, 0.2) is 72.6 Å². The van der Waals surface area contributed by atoms with E-state index < -0.39 is 11.8 Å². The molecule has 0 fully saturated rings. The molecule has 41 heavy (non-hydrogen) atoms. The van der Waals surface area contributed by atoms with E-state index >= 15 is 0 Å². The maximum Gasteiger partial charge on any atom is 0.267 e. The minimum absolute atomic E-state index is 0.121. The number of aromatic nitrogens is 1. The summed E-state index contributed by atoms with van der Waals surface area (Å²) >= 11 is 0. The number of rotatable bonds is 12. The first-order valence-corrected chi connectivity index (χ1v) is 13.2. The molecule has 4 rings (SSSR count). The van der Waals surface area contributed by atoms with E-state index in [1.807, 2.05) is 48.7 Å². The first-order chi connectivity index (χ1) is 19.9. The van der Waals surface area contributed by atoms with Crippen LogP contribution in [0.5, 0.6) is 23.0 Å². The van der Waals surface area contributed by atoms with Crippen molar-refractivity contribution in [3.63, 3.8) is 0 Å². The molecule has 0 saturated heterocycles. The van der Waals surface area contributed by atoms with Gasteiger partial charge in [-0.2, -0.15) is 0 Å². The Labute approximate surface area is 239 Å². The standard InChI is InChI=1S/C32H35N3O6/c1-6-35-20-23(24-9-7-8-10-26(24)35)18-25(34-31(36)22-12-14-28(39-3)30(19-22)41-5)32(37)33-16-15-21-11-13-27(38-2)29(17-21)40-4/h7-14,17-20H,6,15-16H2,1-5H3,(H,33,37)(H,34,36)/b25-18-. The SMILES string of the molecule is CCn1cc(/C=C(\NC(=O)c2ccc(OC)c(OC)c2)C(=O)NCCc2ccc(OC)c(OC)c2)c2ccccc21. The Bertz CT molecular complexity index is 1570. The van der Waals surface area contributed by atoms with E-state index in [0.717, 1.165) is 28.6 Å². The van der Waals surface area contributed by atoms with Gasteiger partial charge in [-0.1, -0.05) is 24.3 Å². The summed E-state index contributed by atoms with van der Waals surface area (Å²) < 4.78 is 23.4. The Morgan fingerprint density at radius 1 is 0.829 bits per heavy atom. The molecule has 0 bridgehead atoms. The van der Waals surface area contributed by atoms with E-state index in [1.165, 1.54) is 14.2 Å². The number of fused-ring (bicyclic) bond motifs is 1. The van der Waals surface area contributed by atoms with Gasteiger partial charge in [-0.15, -0.1) is 0 Å². The van der Waals surface area contributed by atoms with Crippen molar-refractivity contribution in [2.24, 2.45) is 0 Å². The lowest BCUT2D eigenvalue weighted by molar-refractivity contribution is -0.117. The molecule has 0 aliphatic carbocycles. The Balaban J connectivity index is 1.61. The van der Waals surface area contributed by atoms with Gasteiger partial charge in [0.2, 0.25) is 0 Å². The van der Waals surface area contributed by atoms with Crippen molar-refractivity contribution in [3.05, 3.63) is 89.2 Å². The smallest absolute Gasteiger partial charge is 0.267 e.